The molecule has 3 aromatic rings. The van der Waals surface area contributed by atoms with E-state index >= 15 is 0 Å². The molecule has 0 unspecified atom stereocenters. The number of amides is 3. The van der Waals surface area contributed by atoms with Crippen molar-refractivity contribution in [2.45, 2.75) is 38.3 Å². The Morgan fingerprint density at radius 3 is 2.36 bits per heavy atom. The molecule has 0 bridgehead atoms. The number of allylic oxidation sites excluding steroid dienone is 1. The standard InChI is InChI=1S/C33H36N4O5/c34-20-9-3-8-18-28(33(41)42-23-24-12-4-1-5-13-24)30(38)36-27-17-10-14-25(22-27)32(40)37-21-11-19-29(37)31(39)35-26-15-6-2-7-16-26/h1-7,9-10,12-17,22,28-29H,8,11,18-21,23,34H2,(H,35,39)(H,36,38)/b9-3+/t28-,29+/m0/s1. The average Bonchev–Trinajstić information content (AvgIpc) is 3.51. The van der Waals surface area contributed by atoms with Gasteiger partial charge in [0.1, 0.15) is 18.6 Å². The Hall–Kier alpha value is -4.76. The van der Waals surface area contributed by atoms with Gasteiger partial charge in [0.05, 0.1) is 0 Å². The molecule has 3 aromatic carbocycles. The molecular weight excluding hydrogens is 532 g/mol. The first-order valence-electron chi connectivity index (χ1n) is 14.1. The minimum absolute atomic E-state index is 0.0565. The molecule has 1 aliphatic heterocycles. The van der Waals surface area contributed by atoms with Gasteiger partial charge in [-0.2, -0.15) is 0 Å². The van der Waals surface area contributed by atoms with Crippen LogP contribution in [0.2, 0.25) is 0 Å². The Bertz CT molecular complexity index is 1390. The van der Waals surface area contributed by atoms with Gasteiger partial charge in [0.2, 0.25) is 11.8 Å². The SMILES string of the molecule is NC/C=C/CC[C@@H](C(=O)Nc1cccc(C(=O)N2CCC[C@@H]2C(=O)Nc2ccccc2)c1)C(=O)OCc1ccccc1. The quantitative estimate of drug-likeness (QED) is 0.167. The summed E-state index contributed by atoms with van der Waals surface area (Å²) >= 11 is 0. The number of ether oxygens (including phenoxy) is 1. The van der Waals surface area contributed by atoms with Crippen LogP contribution in [0.5, 0.6) is 0 Å². The first-order valence-corrected chi connectivity index (χ1v) is 14.1. The lowest BCUT2D eigenvalue weighted by Crippen LogP contribution is -2.43. The predicted molar refractivity (Wildman–Crippen MR) is 161 cm³/mol. The number of carbonyl (C=O) groups is 4. The number of nitrogens with two attached hydrogens (primary N) is 1. The van der Waals surface area contributed by atoms with E-state index in [0.717, 1.165) is 5.56 Å². The third-order valence-corrected chi connectivity index (χ3v) is 6.98. The molecule has 9 heteroatoms. The fraction of sp³-hybridized carbons (Fsp3) is 0.273. The zero-order valence-electron chi connectivity index (χ0n) is 23.4. The van der Waals surface area contributed by atoms with Crippen LogP contribution in [0, 0.1) is 5.92 Å². The number of nitrogens with one attached hydrogen (secondary N) is 2. The highest BCUT2D eigenvalue weighted by Gasteiger charge is 2.35. The number of para-hydroxylation sites is 1. The first-order chi connectivity index (χ1) is 20.5. The molecule has 1 fully saturated rings. The molecule has 9 nitrogen and oxygen atoms in total. The molecular formula is C33H36N4O5. The molecule has 0 spiro atoms. The van der Waals surface area contributed by atoms with Crippen LogP contribution >= 0.6 is 0 Å². The molecule has 2 atom stereocenters. The lowest BCUT2D eigenvalue weighted by Gasteiger charge is -2.24. The maximum atomic E-state index is 13.5. The summed E-state index contributed by atoms with van der Waals surface area (Å²) in [7, 11) is 0. The van der Waals surface area contributed by atoms with Crippen LogP contribution in [0.1, 0.15) is 41.6 Å². The number of hydrogen-bond acceptors (Lipinski definition) is 6. The zero-order chi connectivity index (χ0) is 29.7. The Labute approximate surface area is 245 Å². The molecule has 42 heavy (non-hydrogen) atoms. The number of rotatable bonds is 12. The topological polar surface area (TPSA) is 131 Å². The lowest BCUT2D eigenvalue weighted by molar-refractivity contribution is -0.152. The van der Waals surface area contributed by atoms with Gasteiger partial charge in [-0.25, -0.2) is 0 Å². The molecule has 0 radical (unpaired) electrons. The maximum Gasteiger partial charge on any atom is 0.318 e. The smallest absolute Gasteiger partial charge is 0.318 e. The Morgan fingerprint density at radius 2 is 1.62 bits per heavy atom. The van der Waals surface area contributed by atoms with E-state index in [-0.39, 0.29) is 24.8 Å². The fourth-order valence-electron chi connectivity index (χ4n) is 4.82. The third-order valence-electron chi connectivity index (χ3n) is 6.98. The number of hydrogen-bond donors (Lipinski definition) is 3. The first kappa shape index (κ1) is 30.2. The van der Waals surface area contributed by atoms with Crippen molar-refractivity contribution >= 4 is 35.1 Å². The largest absolute Gasteiger partial charge is 0.460 e. The summed E-state index contributed by atoms with van der Waals surface area (Å²) in [6, 6.07) is 24.3. The second-order valence-electron chi connectivity index (χ2n) is 10.0. The van der Waals surface area contributed by atoms with E-state index < -0.39 is 23.8 Å². The molecule has 0 aliphatic carbocycles. The van der Waals surface area contributed by atoms with E-state index in [0.29, 0.717) is 49.3 Å². The lowest BCUT2D eigenvalue weighted by atomic mass is 10.0. The van der Waals surface area contributed by atoms with Crippen molar-refractivity contribution in [1.29, 1.82) is 0 Å². The molecule has 0 saturated carbocycles. The highest BCUT2D eigenvalue weighted by molar-refractivity contribution is 6.06. The maximum absolute atomic E-state index is 13.5. The number of carbonyl (C=O) groups excluding carboxylic acids is 4. The van der Waals surface area contributed by atoms with E-state index in [2.05, 4.69) is 10.6 Å². The number of benzene rings is 3. The summed E-state index contributed by atoms with van der Waals surface area (Å²) in [6.07, 6.45) is 5.57. The number of esters is 1. The van der Waals surface area contributed by atoms with Gasteiger partial charge in [0.25, 0.3) is 5.91 Å². The van der Waals surface area contributed by atoms with E-state index in [4.69, 9.17) is 10.5 Å². The number of anilines is 2. The van der Waals surface area contributed by atoms with Crippen molar-refractivity contribution in [2.24, 2.45) is 11.7 Å². The average molecular weight is 569 g/mol. The van der Waals surface area contributed by atoms with Crippen molar-refractivity contribution in [1.82, 2.24) is 4.90 Å². The summed E-state index contributed by atoms with van der Waals surface area (Å²) in [5.74, 6) is -2.76. The van der Waals surface area contributed by atoms with Crippen molar-refractivity contribution in [3.63, 3.8) is 0 Å². The van der Waals surface area contributed by atoms with E-state index in [9.17, 15) is 19.2 Å². The van der Waals surface area contributed by atoms with E-state index in [1.54, 1.807) is 47.4 Å². The fourth-order valence-corrected chi connectivity index (χ4v) is 4.82. The van der Waals surface area contributed by atoms with Crippen molar-refractivity contribution in [3.05, 3.63) is 108 Å². The van der Waals surface area contributed by atoms with Crippen molar-refractivity contribution < 1.29 is 23.9 Å². The van der Waals surface area contributed by atoms with Crippen LogP contribution < -0.4 is 16.4 Å². The molecule has 0 aromatic heterocycles. The van der Waals surface area contributed by atoms with Crippen molar-refractivity contribution in [3.8, 4) is 0 Å². The molecule has 218 valence electrons. The predicted octanol–water partition coefficient (Wildman–Crippen LogP) is 4.52. The van der Waals surface area contributed by atoms with Crippen LogP contribution in [0.25, 0.3) is 0 Å². The van der Waals surface area contributed by atoms with Gasteiger partial charge in [0, 0.05) is 30.0 Å². The van der Waals surface area contributed by atoms with Gasteiger partial charge in [-0.15, -0.1) is 0 Å². The van der Waals surface area contributed by atoms with Crippen LogP contribution in [-0.2, 0) is 25.7 Å². The van der Waals surface area contributed by atoms with Gasteiger partial charge < -0.3 is 26.0 Å². The van der Waals surface area contributed by atoms with Gasteiger partial charge in [0.15, 0.2) is 0 Å². The van der Waals surface area contributed by atoms with Crippen LogP contribution in [0.3, 0.4) is 0 Å². The minimum Gasteiger partial charge on any atom is -0.460 e. The Balaban J connectivity index is 1.42. The van der Waals surface area contributed by atoms with Crippen LogP contribution in [0.15, 0.2) is 97.1 Å². The summed E-state index contributed by atoms with van der Waals surface area (Å²) < 4.78 is 5.47. The highest BCUT2D eigenvalue weighted by atomic mass is 16.5. The van der Waals surface area contributed by atoms with Crippen molar-refractivity contribution in [2.75, 3.05) is 23.7 Å². The third kappa shape index (κ3) is 8.37. The van der Waals surface area contributed by atoms with E-state index in [1.807, 2.05) is 54.6 Å². The van der Waals surface area contributed by atoms with Gasteiger partial charge in [-0.05, 0) is 61.6 Å². The monoisotopic (exact) mass is 568 g/mol. The zero-order valence-corrected chi connectivity index (χ0v) is 23.4. The molecule has 4 rings (SSSR count). The Morgan fingerprint density at radius 1 is 0.905 bits per heavy atom. The highest BCUT2D eigenvalue weighted by Crippen LogP contribution is 2.24. The minimum atomic E-state index is -1.06. The summed E-state index contributed by atoms with van der Waals surface area (Å²) in [5, 5.41) is 5.66. The molecule has 1 saturated heterocycles. The molecule has 3 amide bonds. The summed E-state index contributed by atoms with van der Waals surface area (Å²) in [4.78, 5) is 54.2. The van der Waals surface area contributed by atoms with Gasteiger partial charge in [-0.3, -0.25) is 19.2 Å². The second kappa shape index (κ2) is 15.3. The summed E-state index contributed by atoms with van der Waals surface area (Å²) in [6.45, 7) is 0.872. The number of likely N-dealkylation sites (tertiary alicyclic amines) is 1. The number of nitrogens with zero attached hydrogens (tertiary/aromatic N) is 1. The normalized spacial score (nSPS) is 15.3. The second-order valence-corrected chi connectivity index (χ2v) is 10.0. The van der Waals surface area contributed by atoms with Gasteiger partial charge >= 0.3 is 5.97 Å². The van der Waals surface area contributed by atoms with E-state index in [1.165, 1.54) is 0 Å². The van der Waals surface area contributed by atoms with Crippen LogP contribution in [-0.4, -0.2) is 47.7 Å². The Kier molecular flexibility index (Phi) is 11.0. The molecule has 4 N–H and O–H groups in total. The molecule has 1 heterocycles. The molecule has 1 aliphatic rings. The van der Waals surface area contributed by atoms with Gasteiger partial charge in [-0.1, -0.05) is 66.7 Å². The van der Waals surface area contributed by atoms with Crippen LogP contribution in [0.4, 0.5) is 11.4 Å². The summed E-state index contributed by atoms with van der Waals surface area (Å²) in [5.41, 5.74) is 7.70.